The van der Waals surface area contributed by atoms with Crippen molar-refractivity contribution in [1.82, 2.24) is 15.6 Å². The van der Waals surface area contributed by atoms with Gasteiger partial charge in [0.25, 0.3) is 0 Å². The first-order chi connectivity index (χ1) is 8.67. The van der Waals surface area contributed by atoms with Crippen molar-refractivity contribution in [3.63, 3.8) is 0 Å². The van der Waals surface area contributed by atoms with Crippen molar-refractivity contribution in [2.75, 3.05) is 0 Å². The smallest absolute Gasteiger partial charge is 0.237 e. The Hall–Kier alpha value is -1.42. The lowest BCUT2D eigenvalue weighted by atomic mass is 10.1. The number of nitrogens with one attached hydrogen (secondary N) is 2. The Kier molecular flexibility index (Phi) is 6.36. The number of rotatable bonds is 7. The Labute approximate surface area is 109 Å². The predicted molar refractivity (Wildman–Crippen MR) is 73.1 cm³/mol. The number of nitrogens with zero attached hydrogens (tertiary/aromatic N) is 1. The van der Waals surface area contributed by atoms with E-state index in [2.05, 4.69) is 29.5 Å². The SMILES string of the molecule is CCC(CC)NC(=O)C(C)NCc1ccccn1. The zero-order chi connectivity index (χ0) is 13.4. The molecule has 1 aromatic rings. The molecule has 0 bridgehead atoms. The molecule has 0 aromatic carbocycles. The van der Waals surface area contributed by atoms with Crippen molar-refractivity contribution in [1.29, 1.82) is 0 Å². The van der Waals surface area contributed by atoms with Gasteiger partial charge in [-0.1, -0.05) is 19.9 Å². The molecule has 1 atom stereocenters. The average Bonchev–Trinajstić information content (AvgIpc) is 2.42. The molecule has 0 aliphatic rings. The summed E-state index contributed by atoms with van der Waals surface area (Å²) < 4.78 is 0. The monoisotopic (exact) mass is 249 g/mol. The van der Waals surface area contributed by atoms with E-state index in [9.17, 15) is 4.79 Å². The van der Waals surface area contributed by atoms with Crippen LogP contribution in [-0.4, -0.2) is 23.0 Å². The van der Waals surface area contributed by atoms with Crippen LogP contribution < -0.4 is 10.6 Å². The minimum absolute atomic E-state index is 0.0552. The predicted octanol–water partition coefficient (Wildman–Crippen LogP) is 1.86. The van der Waals surface area contributed by atoms with Crippen LogP contribution >= 0.6 is 0 Å². The molecule has 1 heterocycles. The molecule has 0 aliphatic heterocycles. The molecular formula is C14H23N3O. The van der Waals surface area contributed by atoms with Crippen LogP contribution in [0.4, 0.5) is 0 Å². The number of aromatic nitrogens is 1. The Balaban J connectivity index is 2.36. The summed E-state index contributed by atoms with van der Waals surface area (Å²) in [4.78, 5) is 16.1. The van der Waals surface area contributed by atoms with Gasteiger partial charge >= 0.3 is 0 Å². The maximum absolute atomic E-state index is 11.9. The van der Waals surface area contributed by atoms with Crippen LogP contribution in [0.25, 0.3) is 0 Å². The maximum Gasteiger partial charge on any atom is 0.237 e. The summed E-state index contributed by atoms with van der Waals surface area (Å²) in [6.07, 6.45) is 3.69. The third-order valence-electron chi connectivity index (χ3n) is 3.04. The highest BCUT2D eigenvalue weighted by Crippen LogP contribution is 1.98. The van der Waals surface area contributed by atoms with Crippen LogP contribution in [0.3, 0.4) is 0 Å². The second kappa shape index (κ2) is 7.82. The van der Waals surface area contributed by atoms with E-state index >= 15 is 0 Å². The minimum atomic E-state index is -0.201. The third-order valence-corrected chi connectivity index (χ3v) is 3.04. The second-order valence-electron chi connectivity index (χ2n) is 4.45. The van der Waals surface area contributed by atoms with E-state index in [-0.39, 0.29) is 18.0 Å². The maximum atomic E-state index is 11.9. The van der Waals surface area contributed by atoms with Crippen molar-refractivity contribution in [3.05, 3.63) is 30.1 Å². The van der Waals surface area contributed by atoms with Gasteiger partial charge in [0.2, 0.25) is 5.91 Å². The van der Waals surface area contributed by atoms with E-state index < -0.39 is 0 Å². The van der Waals surface area contributed by atoms with E-state index in [0.717, 1.165) is 18.5 Å². The van der Waals surface area contributed by atoms with Crippen molar-refractivity contribution in [3.8, 4) is 0 Å². The average molecular weight is 249 g/mol. The van der Waals surface area contributed by atoms with Gasteiger partial charge in [0.05, 0.1) is 11.7 Å². The highest BCUT2D eigenvalue weighted by molar-refractivity contribution is 5.81. The van der Waals surface area contributed by atoms with Crippen molar-refractivity contribution in [2.45, 2.75) is 52.2 Å². The number of pyridine rings is 1. The zero-order valence-corrected chi connectivity index (χ0v) is 11.4. The van der Waals surface area contributed by atoms with E-state index in [1.807, 2.05) is 25.1 Å². The molecular weight excluding hydrogens is 226 g/mol. The quantitative estimate of drug-likeness (QED) is 0.775. The zero-order valence-electron chi connectivity index (χ0n) is 11.4. The molecule has 0 saturated heterocycles. The Morgan fingerprint density at radius 3 is 2.61 bits per heavy atom. The van der Waals surface area contributed by atoms with Gasteiger partial charge in [0.15, 0.2) is 0 Å². The van der Waals surface area contributed by atoms with Gasteiger partial charge in [-0.05, 0) is 31.9 Å². The molecule has 0 aliphatic carbocycles. The summed E-state index contributed by atoms with van der Waals surface area (Å²) in [5.74, 6) is 0.0552. The van der Waals surface area contributed by atoms with E-state index in [0.29, 0.717) is 6.54 Å². The molecule has 0 spiro atoms. The molecule has 4 heteroatoms. The van der Waals surface area contributed by atoms with Crippen molar-refractivity contribution >= 4 is 5.91 Å². The topological polar surface area (TPSA) is 54.0 Å². The van der Waals surface area contributed by atoms with E-state index in [1.54, 1.807) is 6.20 Å². The summed E-state index contributed by atoms with van der Waals surface area (Å²) >= 11 is 0. The van der Waals surface area contributed by atoms with Gasteiger partial charge < -0.3 is 10.6 Å². The first kappa shape index (κ1) is 14.6. The van der Waals surface area contributed by atoms with E-state index in [4.69, 9.17) is 0 Å². The van der Waals surface area contributed by atoms with Gasteiger partial charge in [-0.25, -0.2) is 0 Å². The third kappa shape index (κ3) is 4.84. The highest BCUT2D eigenvalue weighted by Gasteiger charge is 2.15. The summed E-state index contributed by atoms with van der Waals surface area (Å²) in [7, 11) is 0. The van der Waals surface area contributed by atoms with Gasteiger partial charge in [0, 0.05) is 18.8 Å². The number of hydrogen-bond acceptors (Lipinski definition) is 3. The molecule has 1 amide bonds. The Morgan fingerprint density at radius 2 is 2.06 bits per heavy atom. The van der Waals surface area contributed by atoms with Crippen LogP contribution in [0.5, 0.6) is 0 Å². The fraction of sp³-hybridized carbons (Fsp3) is 0.571. The van der Waals surface area contributed by atoms with Crippen LogP contribution in [0.15, 0.2) is 24.4 Å². The van der Waals surface area contributed by atoms with Crippen molar-refractivity contribution in [2.24, 2.45) is 0 Å². The summed E-state index contributed by atoms with van der Waals surface area (Å²) in [6.45, 7) is 6.65. The van der Waals surface area contributed by atoms with Crippen LogP contribution in [0.2, 0.25) is 0 Å². The first-order valence-corrected chi connectivity index (χ1v) is 6.61. The molecule has 1 aromatic heterocycles. The summed E-state index contributed by atoms with van der Waals surface area (Å²) in [6, 6.07) is 5.84. The van der Waals surface area contributed by atoms with Gasteiger partial charge in [0.1, 0.15) is 0 Å². The van der Waals surface area contributed by atoms with Gasteiger partial charge in [-0.15, -0.1) is 0 Å². The fourth-order valence-corrected chi connectivity index (χ4v) is 1.67. The molecule has 0 fully saturated rings. The molecule has 2 N–H and O–H groups in total. The first-order valence-electron chi connectivity index (χ1n) is 6.61. The Morgan fingerprint density at radius 1 is 1.33 bits per heavy atom. The van der Waals surface area contributed by atoms with Crippen LogP contribution in [0, 0.1) is 0 Å². The lowest BCUT2D eigenvalue weighted by Gasteiger charge is -2.19. The summed E-state index contributed by atoms with van der Waals surface area (Å²) in [5, 5.41) is 6.21. The molecule has 0 saturated carbocycles. The van der Waals surface area contributed by atoms with Gasteiger partial charge in [-0.3, -0.25) is 9.78 Å². The van der Waals surface area contributed by atoms with Crippen molar-refractivity contribution < 1.29 is 4.79 Å². The number of carbonyl (C=O) groups excluding carboxylic acids is 1. The number of carbonyl (C=O) groups is 1. The Bertz CT molecular complexity index is 349. The van der Waals surface area contributed by atoms with Crippen LogP contribution in [0.1, 0.15) is 39.3 Å². The molecule has 18 heavy (non-hydrogen) atoms. The standard InChI is InChI=1S/C14H23N3O/c1-4-12(5-2)17-14(18)11(3)16-10-13-8-6-7-9-15-13/h6-9,11-12,16H,4-5,10H2,1-3H3,(H,17,18). The number of hydrogen-bond donors (Lipinski definition) is 2. The molecule has 0 radical (unpaired) electrons. The molecule has 100 valence electrons. The fourth-order valence-electron chi connectivity index (χ4n) is 1.67. The second-order valence-corrected chi connectivity index (χ2v) is 4.45. The molecule has 1 rings (SSSR count). The molecule has 1 unspecified atom stereocenters. The normalized spacial score (nSPS) is 12.4. The highest BCUT2D eigenvalue weighted by atomic mass is 16.2. The summed E-state index contributed by atoms with van der Waals surface area (Å²) in [5.41, 5.74) is 0.944. The van der Waals surface area contributed by atoms with Gasteiger partial charge in [-0.2, -0.15) is 0 Å². The minimum Gasteiger partial charge on any atom is -0.352 e. The van der Waals surface area contributed by atoms with Crippen LogP contribution in [-0.2, 0) is 11.3 Å². The largest absolute Gasteiger partial charge is 0.352 e. The van der Waals surface area contributed by atoms with E-state index in [1.165, 1.54) is 0 Å². The molecule has 4 nitrogen and oxygen atoms in total. The number of amides is 1. The lowest BCUT2D eigenvalue weighted by Crippen LogP contribution is -2.45. The lowest BCUT2D eigenvalue weighted by molar-refractivity contribution is -0.123.